The zero-order valence-electron chi connectivity index (χ0n) is 15.2. The van der Waals surface area contributed by atoms with Crippen LogP contribution in [0.4, 0.5) is 0 Å². The highest BCUT2D eigenvalue weighted by Gasteiger charge is 2.31. The molecule has 1 aliphatic rings. The van der Waals surface area contributed by atoms with Crippen molar-refractivity contribution in [2.45, 2.75) is 32.7 Å². The first-order valence-corrected chi connectivity index (χ1v) is 9.15. The van der Waals surface area contributed by atoms with Crippen molar-refractivity contribution in [2.75, 3.05) is 13.2 Å². The molecular weight excluding hydrogens is 326 g/mol. The molecule has 5 heteroatoms. The Morgan fingerprint density at radius 1 is 1.27 bits per heavy atom. The van der Waals surface area contributed by atoms with Crippen molar-refractivity contribution >= 4 is 11.6 Å². The van der Waals surface area contributed by atoms with Crippen LogP contribution in [0.2, 0.25) is 0 Å². The Hall–Kier alpha value is -2.82. The molecule has 1 aromatic carbocycles. The molecule has 134 valence electrons. The molecule has 0 N–H and O–H groups in total. The molecule has 2 aromatic heterocycles. The summed E-state index contributed by atoms with van der Waals surface area (Å²) in [6.45, 7) is 5.42. The minimum atomic E-state index is 0.00253. The van der Waals surface area contributed by atoms with Gasteiger partial charge in [0.1, 0.15) is 17.1 Å². The van der Waals surface area contributed by atoms with Crippen molar-refractivity contribution in [2.24, 2.45) is 0 Å². The Bertz CT molecular complexity index is 930. The average Bonchev–Trinajstić information content (AvgIpc) is 3.28. The van der Waals surface area contributed by atoms with Gasteiger partial charge in [0.05, 0.1) is 12.6 Å². The Kier molecular flexibility index (Phi) is 4.37. The number of aryl methyl sites for hydroxylation is 1. The number of amides is 1. The van der Waals surface area contributed by atoms with Crippen molar-refractivity contribution in [3.05, 3.63) is 65.6 Å². The number of aromatic nitrogens is 2. The van der Waals surface area contributed by atoms with Crippen molar-refractivity contribution in [1.29, 1.82) is 0 Å². The summed E-state index contributed by atoms with van der Waals surface area (Å²) in [4.78, 5) is 19.6. The van der Waals surface area contributed by atoms with Crippen LogP contribution >= 0.6 is 0 Å². The average molecular weight is 349 g/mol. The Morgan fingerprint density at radius 3 is 2.85 bits per heavy atom. The minimum Gasteiger partial charge on any atom is -0.494 e. The number of rotatable bonds is 4. The Morgan fingerprint density at radius 2 is 2.08 bits per heavy atom. The van der Waals surface area contributed by atoms with E-state index >= 15 is 0 Å². The summed E-state index contributed by atoms with van der Waals surface area (Å²) in [6.07, 6.45) is 5.76. The first-order valence-electron chi connectivity index (χ1n) is 9.15. The lowest BCUT2D eigenvalue weighted by atomic mass is 10.0. The second-order valence-corrected chi connectivity index (χ2v) is 6.75. The number of pyridine rings is 1. The summed E-state index contributed by atoms with van der Waals surface area (Å²) < 4.78 is 7.42. The van der Waals surface area contributed by atoms with Gasteiger partial charge in [-0.1, -0.05) is 12.1 Å². The molecule has 0 spiro atoms. The number of fused-ring (bicyclic) bond motifs is 1. The van der Waals surface area contributed by atoms with Crippen LogP contribution in [0.25, 0.3) is 5.65 Å². The Balaban J connectivity index is 1.59. The van der Waals surface area contributed by atoms with E-state index < -0.39 is 0 Å². The highest BCUT2D eigenvalue weighted by Crippen LogP contribution is 2.33. The van der Waals surface area contributed by atoms with E-state index in [2.05, 4.69) is 17.1 Å². The summed E-state index contributed by atoms with van der Waals surface area (Å²) >= 11 is 0. The predicted octanol–water partition coefficient (Wildman–Crippen LogP) is 4.02. The van der Waals surface area contributed by atoms with Crippen LogP contribution in [-0.2, 0) is 0 Å². The zero-order valence-corrected chi connectivity index (χ0v) is 15.2. The Labute approximate surface area is 153 Å². The van der Waals surface area contributed by atoms with Crippen LogP contribution in [0.3, 0.4) is 0 Å². The summed E-state index contributed by atoms with van der Waals surface area (Å²) in [5.74, 6) is 0.866. The van der Waals surface area contributed by atoms with Crippen molar-refractivity contribution in [1.82, 2.24) is 14.3 Å². The zero-order chi connectivity index (χ0) is 18.1. The molecule has 3 heterocycles. The molecule has 0 aliphatic carbocycles. The summed E-state index contributed by atoms with van der Waals surface area (Å²) in [5.41, 5.74) is 3.60. The maximum atomic E-state index is 13.1. The molecule has 1 aliphatic heterocycles. The van der Waals surface area contributed by atoms with Crippen molar-refractivity contribution in [3.63, 3.8) is 0 Å². The fourth-order valence-corrected chi connectivity index (χ4v) is 3.64. The maximum Gasteiger partial charge on any atom is 0.274 e. The predicted molar refractivity (Wildman–Crippen MR) is 101 cm³/mol. The molecule has 1 atom stereocenters. The molecule has 1 fully saturated rings. The van der Waals surface area contributed by atoms with E-state index in [1.807, 2.05) is 59.8 Å². The van der Waals surface area contributed by atoms with E-state index in [4.69, 9.17) is 4.74 Å². The number of likely N-dealkylation sites (tertiary alicyclic amines) is 1. The third-order valence-electron chi connectivity index (χ3n) is 4.92. The van der Waals surface area contributed by atoms with Gasteiger partial charge in [0, 0.05) is 18.9 Å². The minimum absolute atomic E-state index is 0.00253. The third kappa shape index (κ3) is 3.05. The van der Waals surface area contributed by atoms with E-state index in [1.54, 1.807) is 0 Å². The number of imidazole rings is 1. The molecule has 3 aromatic rings. The lowest BCUT2D eigenvalue weighted by molar-refractivity contribution is 0.0730. The number of nitrogens with zero attached hydrogens (tertiary/aromatic N) is 3. The van der Waals surface area contributed by atoms with E-state index in [1.165, 1.54) is 0 Å². The van der Waals surface area contributed by atoms with Crippen LogP contribution in [0.1, 0.15) is 47.4 Å². The SMILES string of the molecule is CCOc1ccc([C@H]2CCCN2C(=O)c2cn3ccc(C)cc3n2)cc1. The lowest BCUT2D eigenvalue weighted by Crippen LogP contribution is -2.30. The number of carbonyl (C=O) groups is 1. The summed E-state index contributed by atoms with van der Waals surface area (Å²) in [7, 11) is 0. The number of hydrogen-bond donors (Lipinski definition) is 0. The van der Waals surface area contributed by atoms with Gasteiger partial charge in [-0.15, -0.1) is 0 Å². The molecule has 1 amide bonds. The summed E-state index contributed by atoms with van der Waals surface area (Å²) in [6, 6.07) is 12.2. The van der Waals surface area contributed by atoms with Gasteiger partial charge < -0.3 is 14.0 Å². The second kappa shape index (κ2) is 6.83. The van der Waals surface area contributed by atoms with Crippen molar-refractivity contribution in [3.8, 4) is 5.75 Å². The fraction of sp³-hybridized carbons (Fsp3) is 0.333. The maximum absolute atomic E-state index is 13.1. The van der Waals surface area contributed by atoms with E-state index in [9.17, 15) is 4.79 Å². The van der Waals surface area contributed by atoms with Gasteiger partial charge in [-0.2, -0.15) is 0 Å². The first-order chi connectivity index (χ1) is 12.7. The van der Waals surface area contributed by atoms with Crippen molar-refractivity contribution < 1.29 is 9.53 Å². The van der Waals surface area contributed by atoms with Gasteiger partial charge in [0.25, 0.3) is 5.91 Å². The molecule has 26 heavy (non-hydrogen) atoms. The normalized spacial score (nSPS) is 17.0. The fourth-order valence-electron chi connectivity index (χ4n) is 3.64. The smallest absolute Gasteiger partial charge is 0.274 e. The largest absolute Gasteiger partial charge is 0.494 e. The van der Waals surface area contributed by atoms with Gasteiger partial charge >= 0.3 is 0 Å². The van der Waals surface area contributed by atoms with Gasteiger partial charge in [-0.3, -0.25) is 4.79 Å². The van der Waals surface area contributed by atoms with E-state index in [0.29, 0.717) is 12.3 Å². The third-order valence-corrected chi connectivity index (χ3v) is 4.92. The highest BCUT2D eigenvalue weighted by molar-refractivity contribution is 5.93. The summed E-state index contributed by atoms with van der Waals surface area (Å²) in [5, 5.41) is 0. The molecule has 1 saturated heterocycles. The highest BCUT2D eigenvalue weighted by atomic mass is 16.5. The van der Waals surface area contributed by atoms with E-state index in [-0.39, 0.29) is 11.9 Å². The quantitative estimate of drug-likeness (QED) is 0.715. The van der Waals surface area contributed by atoms with Crippen LogP contribution in [0, 0.1) is 6.92 Å². The van der Waals surface area contributed by atoms with Gasteiger partial charge in [-0.25, -0.2) is 4.98 Å². The monoisotopic (exact) mass is 349 g/mol. The van der Waals surface area contributed by atoms with Gasteiger partial charge in [-0.05, 0) is 62.1 Å². The molecule has 0 radical (unpaired) electrons. The molecule has 4 rings (SSSR count). The van der Waals surface area contributed by atoms with Crippen LogP contribution in [0.15, 0.2) is 48.8 Å². The lowest BCUT2D eigenvalue weighted by Gasteiger charge is -2.24. The number of benzene rings is 1. The topological polar surface area (TPSA) is 46.8 Å². The first kappa shape index (κ1) is 16.6. The number of ether oxygens (including phenoxy) is 1. The number of carbonyl (C=O) groups excluding carboxylic acids is 1. The second-order valence-electron chi connectivity index (χ2n) is 6.75. The standard InChI is InChI=1S/C21H23N3O2/c1-3-26-17-8-6-16(7-9-17)19-5-4-11-24(19)21(25)18-14-23-12-10-15(2)13-20(23)22-18/h6-10,12-14,19H,3-5,11H2,1-2H3/t19-/m1/s1. The van der Waals surface area contributed by atoms with Gasteiger partial charge in [0.15, 0.2) is 0 Å². The molecule has 0 bridgehead atoms. The molecule has 0 saturated carbocycles. The molecule has 5 nitrogen and oxygen atoms in total. The van der Waals surface area contributed by atoms with Gasteiger partial charge in [0.2, 0.25) is 0 Å². The van der Waals surface area contributed by atoms with Crippen LogP contribution in [0.5, 0.6) is 5.75 Å². The van der Waals surface area contributed by atoms with Crippen LogP contribution < -0.4 is 4.74 Å². The molecule has 0 unspecified atom stereocenters. The van der Waals surface area contributed by atoms with Crippen LogP contribution in [-0.4, -0.2) is 33.3 Å². The molecular formula is C21H23N3O2. The number of hydrogen-bond acceptors (Lipinski definition) is 3. The van der Waals surface area contributed by atoms with E-state index in [0.717, 1.165) is 41.9 Å².